The summed E-state index contributed by atoms with van der Waals surface area (Å²) >= 11 is 1.59. The van der Waals surface area contributed by atoms with E-state index in [0.717, 1.165) is 21.8 Å². The standard InChI is InChI=1S/C24H30N4O4S/c1-16-15-33-22(26-16)18-8-6-17(7-9-18)12-19(13-25)27-21(29)20-14-28(10-5-11-31-20)23(30)32-24(2,3)4/h6-9,15,19-20H,5,10-12,14H2,1-4H3,(H,27,29)/t19-,20-/m0/s1. The summed E-state index contributed by atoms with van der Waals surface area (Å²) in [6, 6.07) is 9.25. The first-order chi connectivity index (χ1) is 15.6. The lowest BCUT2D eigenvalue weighted by atomic mass is 10.0. The summed E-state index contributed by atoms with van der Waals surface area (Å²) < 4.78 is 11.1. The smallest absolute Gasteiger partial charge is 0.410 e. The quantitative estimate of drug-likeness (QED) is 0.715. The molecule has 0 unspecified atom stereocenters. The Bertz CT molecular complexity index is 1010. The van der Waals surface area contributed by atoms with E-state index >= 15 is 0 Å². The molecule has 1 saturated heterocycles. The van der Waals surface area contributed by atoms with Crippen LogP contribution in [0.25, 0.3) is 10.6 Å². The average Bonchev–Trinajstić information content (AvgIpc) is 3.04. The van der Waals surface area contributed by atoms with E-state index in [1.54, 1.807) is 32.1 Å². The van der Waals surface area contributed by atoms with Gasteiger partial charge in [0.1, 0.15) is 16.7 Å². The van der Waals surface area contributed by atoms with Gasteiger partial charge in [0.15, 0.2) is 6.10 Å². The van der Waals surface area contributed by atoms with E-state index in [1.165, 1.54) is 4.90 Å². The van der Waals surface area contributed by atoms with Crippen molar-refractivity contribution in [3.8, 4) is 16.6 Å². The largest absolute Gasteiger partial charge is 0.444 e. The van der Waals surface area contributed by atoms with E-state index in [-0.39, 0.29) is 6.54 Å². The Morgan fingerprint density at radius 3 is 2.70 bits per heavy atom. The Morgan fingerprint density at radius 1 is 1.36 bits per heavy atom. The van der Waals surface area contributed by atoms with Crippen LogP contribution in [0.2, 0.25) is 0 Å². The number of carbonyl (C=O) groups excluding carboxylic acids is 2. The highest BCUT2D eigenvalue weighted by Crippen LogP contribution is 2.24. The molecule has 2 heterocycles. The van der Waals surface area contributed by atoms with Crippen molar-refractivity contribution in [3.05, 3.63) is 40.9 Å². The van der Waals surface area contributed by atoms with Crippen molar-refractivity contribution >= 4 is 23.3 Å². The molecule has 176 valence electrons. The fourth-order valence-corrected chi connectivity index (χ4v) is 4.18. The molecule has 1 aromatic heterocycles. The number of thiazole rings is 1. The Balaban J connectivity index is 1.59. The minimum Gasteiger partial charge on any atom is -0.444 e. The van der Waals surface area contributed by atoms with Crippen LogP contribution in [0.1, 0.15) is 38.4 Å². The van der Waals surface area contributed by atoms with Gasteiger partial charge in [-0.05, 0) is 39.7 Å². The van der Waals surface area contributed by atoms with Gasteiger partial charge >= 0.3 is 6.09 Å². The molecule has 0 spiro atoms. The number of nitriles is 1. The van der Waals surface area contributed by atoms with Gasteiger partial charge in [0.25, 0.3) is 5.91 Å². The Kier molecular flexibility index (Phi) is 8.06. The highest BCUT2D eigenvalue weighted by atomic mass is 32.1. The van der Waals surface area contributed by atoms with Crippen LogP contribution in [-0.4, -0.2) is 59.3 Å². The molecule has 0 aliphatic carbocycles. The van der Waals surface area contributed by atoms with Crippen LogP contribution in [0.5, 0.6) is 0 Å². The van der Waals surface area contributed by atoms with E-state index < -0.39 is 29.7 Å². The highest BCUT2D eigenvalue weighted by molar-refractivity contribution is 7.13. The van der Waals surface area contributed by atoms with Crippen LogP contribution in [-0.2, 0) is 20.7 Å². The van der Waals surface area contributed by atoms with E-state index in [1.807, 2.05) is 36.6 Å². The van der Waals surface area contributed by atoms with E-state index in [9.17, 15) is 14.9 Å². The lowest BCUT2D eigenvalue weighted by molar-refractivity contribution is -0.133. The van der Waals surface area contributed by atoms with Crippen molar-refractivity contribution in [3.63, 3.8) is 0 Å². The maximum absolute atomic E-state index is 12.8. The molecule has 2 amide bonds. The Morgan fingerprint density at radius 2 is 2.09 bits per heavy atom. The third-order valence-electron chi connectivity index (χ3n) is 4.95. The molecule has 8 nitrogen and oxygen atoms in total. The van der Waals surface area contributed by atoms with Crippen molar-refractivity contribution in [2.75, 3.05) is 19.7 Å². The van der Waals surface area contributed by atoms with E-state index in [2.05, 4.69) is 16.4 Å². The summed E-state index contributed by atoms with van der Waals surface area (Å²) in [5.41, 5.74) is 2.30. The van der Waals surface area contributed by atoms with Gasteiger partial charge in [0.2, 0.25) is 0 Å². The molecule has 3 rings (SSSR count). The van der Waals surface area contributed by atoms with Crippen LogP contribution in [0.15, 0.2) is 29.6 Å². The van der Waals surface area contributed by atoms with Gasteiger partial charge < -0.3 is 19.7 Å². The molecular weight excluding hydrogens is 440 g/mol. The number of hydrogen-bond acceptors (Lipinski definition) is 7. The normalized spacial score (nSPS) is 17.5. The second kappa shape index (κ2) is 10.8. The molecule has 1 N–H and O–H groups in total. The zero-order valence-electron chi connectivity index (χ0n) is 19.5. The van der Waals surface area contributed by atoms with Gasteiger partial charge in [-0.1, -0.05) is 24.3 Å². The molecule has 1 aliphatic rings. The highest BCUT2D eigenvalue weighted by Gasteiger charge is 2.31. The molecule has 0 saturated carbocycles. The summed E-state index contributed by atoms with van der Waals surface area (Å²) in [6.45, 7) is 8.24. The average molecular weight is 471 g/mol. The lowest BCUT2D eigenvalue weighted by Gasteiger charge is -2.27. The summed E-state index contributed by atoms with van der Waals surface area (Å²) in [5, 5.41) is 15.3. The number of nitrogens with zero attached hydrogens (tertiary/aromatic N) is 3. The molecule has 9 heteroatoms. The zero-order valence-corrected chi connectivity index (χ0v) is 20.3. The topological polar surface area (TPSA) is 105 Å². The molecule has 1 fully saturated rings. The number of carbonyl (C=O) groups is 2. The van der Waals surface area contributed by atoms with Gasteiger partial charge in [-0.2, -0.15) is 5.26 Å². The molecule has 1 aromatic carbocycles. The Labute approximate surface area is 198 Å². The van der Waals surface area contributed by atoms with Gasteiger partial charge in [-0.25, -0.2) is 9.78 Å². The maximum atomic E-state index is 12.8. The van der Waals surface area contributed by atoms with Gasteiger partial charge in [-0.15, -0.1) is 11.3 Å². The van der Waals surface area contributed by atoms with Crippen LogP contribution in [0.4, 0.5) is 4.79 Å². The maximum Gasteiger partial charge on any atom is 0.410 e. The predicted molar refractivity (Wildman–Crippen MR) is 126 cm³/mol. The molecule has 2 atom stereocenters. The summed E-state index contributed by atoms with van der Waals surface area (Å²) in [5.74, 6) is -0.410. The lowest BCUT2D eigenvalue weighted by Crippen LogP contribution is -2.48. The predicted octanol–water partition coefficient (Wildman–Crippen LogP) is 3.70. The van der Waals surface area contributed by atoms with Crippen molar-refractivity contribution in [1.29, 1.82) is 5.26 Å². The fourth-order valence-electron chi connectivity index (χ4n) is 3.38. The van der Waals surface area contributed by atoms with Crippen molar-refractivity contribution in [1.82, 2.24) is 15.2 Å². The number of ether oxygens (including phenoxy) is 2. The summed E-state index contributed by atoms with van der Waals surface area (Å²) in [6.07, 6.45) is -0.359. The third kappa shape index (κ3) is 7.27. The second-order valence-electron chi connectivity index (χ2n) is 9.02. The van der Waals surface area contributed by atoms with Gasteiger partial charge in [-0.3, -0.25) is 4.79 Å². The fraction of sp³-hybridized carbons (Fsp3) is 0.500. The number of hydrogen-bond donors (Lipinski definition) is 1. The first-order valence-corrected chi connectivity index (χ1v) is 11.8. The molecular formula is C24H30N4O4S. The number of rotatable bonds is 5. The first kappa shape index (κ1) is 24.7. The van der Waals surface area contributed by atoms with E-state index in [0.29, 0.717) is 26.0 Å². The van der Waals surface area contributed by atoms with Crippen molar-refractivity contribution in [2.45, 2.75) is 58.3 Å². The summed E-state index contributed by atoms with van der Waals surface area (Å²) in [7, 11) is 0. The number of aryl methyl sites for hydroxylation is 1. The van der Waals surface area contributed by atoms with Crippen LogP contribution in [0.3, 0.4) is 0 Å². The van der Waals surface area contributed by atoms with Crippen LogP contribution >= 0.6 is 11.3 Å². The van der Waals surface area contributed by atoms with Gasteiger partial charge in [0.05, 0.1) is 12.6 Å². The zero-order chi connectivity index (χ0) is 24.0. The van der Waals surface area contributed by atoms with Crippen LogP contribution < -0.4 is 5.32 Å². The second-order valence-corrected chi connectivity index (χ2v) is 9.88. The van der Waals surface area contributed by atoms with Gasteiger partial charge in [0, 0.05) is 36.2 Å². The van der Waals surface area contributed by atoms with Crippen molar-refractivity contribution in [2.24, 2.45) is 0 Å². The molecule has 0 bridgehead atoms. The minimum atomic E-state index is -0.855. The monoisotopic (exact) mass is 470 g/mol. The molecule has 1 aliphatic heterocycles. The number of nitrogens with one attached hydrogen (secondary N) is 1. The van der Waals surface area contributed by atoms with E-state index in [4.69, 9.17) is 9.47 Å². The molecule has 0 radical (unpaired) electrons. The van der Waals surface area contributed by atoms with Crippen molar-refractivity contribution < 1.29 is 19.1 Å². The minimum absolute atomic E-state index is 0.0841. The Hall–Kier alpha value is -2.96. The number of amides is 2. The third-order valence-corrected chi connectivity index (χ3v) is 5.96. The summed E-state index contributed by atoms with van der Waals surface area (Å²) in [4.78, 5) is 31.3. The van der Waals surface area contributed by atoms with Crippen LogP contribution in [0, 0.1) is 18.3 Å². The number of benzene rings is 1. The molecule has 33 heavy (non-hydrogen) atoms. The molecule has 2 aromatic rings. The first-order valence-electron chi connectivity index (χ1n) is 11.0. The number of aromatic nitrogens is 1. The SMILES string of the molecule is Cc1csc(-c2ccc(C[C@@H](C#N)NC(=O)[C@@H]3CN(C(=O)OC(C)(C)C)CCCO3)cc2)n1.